The van der Waals surface area contributed by atoms with Crippen molar-refractivity contribution in [2.45, 2.75) is 37.8 Å². The normalized spacial score (nSPS) is 17.4. The molecule has 3 heterocycles. The first-order valence-electron chi connectivity index (χ1n) is 9.90. The molecule has 0 aliphatic heterocycles. The topological polar surface area (TPSA) is 66.5 Å². The third-order valence-electron chi connectivity index (χ3n) is 5.54. The van der Waals surface area contributed by atoms with Crippen LogP contribution in [0.5, 0.6) is 0 Å². The Morgan fingerprint density at radius 3 is 2.82 bits per heavy atom. The van der Waals surface area contributed by atoms with E-state index in [0.29, 0.717) is 0 Å². The minimum Gasteiger partial charge on any atom is -0.342 e. The number of imidazole rings is 1. The summed E-state index contributed by atoms with van der Waals surface area (Å²) in [5, 5.41) is 3.87. The molecule has 1 aromatic carbocycles. The molecule has 0 bridgehead atoms. The van der Waals surface area contributed by atoms with Gasteiger partial charge in [0.05, 0.1) is 22.8 Å². The maximum absolute atomic E-state index is 4.79. The highest BCUT2D eigenvalue weighted by atomic mass is 15.0. The van der Waals surface area contributed by atoms with Crippen LogP contribution >= 0.6 is 0 Å². The number of para-hydroxylation sites is 2. The predicted octanol–water partition coefficient (Wildman–Crippen LogP) is 4.30. The number of H-pyrrole nitrogens is 1. The van der Waals surface area contributed by atoms with Gasteiger partial charge in [0.2, 0.25) is 0 Å². The van der Waals surface area contributed by atoms with E-state index in [-0.39, 0.29) is 12.1 Å². The SMILES string of the molecule is c1cnc2c(c1)CCCC2NC(Cc1nc2ccccc2[nH]1)c1ccncc1. The van der Waals surface area contributed by atoms with Crippen molar-refractivity contribution in [1.29, 1.82) is 0 Å². The maximum Gasteiger partial charge on any atom is 0.109 e. The van der Waals surface area contributed by atoms with Crippen molar-refractivity contribution in [2.75, 3.05) is 0 Å². The lowest BCUT2D eigenvalue weighted by Crippen LogP contribution is -2.31. The van der Waals surface area contributed by atoms with E-state index in [1.807, 2.05) is 42.9 Å². The van der Waals surface area contributed by atoms with Crippen molar-refractivity contribution in [3.63, 3.8) is 0 Å². The molecule has 140 valence electrons. The van der Waals surface area contributed by atoms with Crippen molar-refractivity contribution in [3.8, 4) is 0 Å². The summed E-state index contributed by atoms with van der Waals surface area (Å²) < 4.78 is 0. The molecule has 0 amide bonds. The fraction of sp³-hybridized carbons (Fsp3) is 0.261. The summed E-state index contributed by atoms with van der Waals surface area (Å²) in [6.07, 6.45) is 9.81. The summed E-state index contributed by atoms with van der Waals surface area (Å²) in [6, 6.07) is 17.0. The van der Waals surface area contributed by atoms with Crippen LogP contribution in [-0.4, -0.2) is 19.9 Å². The lowest BCUT2D eigenvalue weighted by Gasteiger charge is -2.29. The Labute approximate surface area is 164 Å². The lowest BCUT2D eigenvalue weighted by atomic mass is 9.90. The minimum atomic E-state index is 0.140. The van der Waals surface area contributed by atoms with Crippen LogP contribution in [0.15, 0.2) is 67.1 Å². The Morgan fingerprint density at radius 1 is 1.04 bits per heavy atom. The van der Waals surface area contributed by atoms with Gasteiger partial charge in [-0.25, -0.2) is 4.98 Å². The van der Waals surface area contributed by atoms with E-state index in [4.69, 9.17) is 9.97 Å². The molecule has 3 aromatic heterocycles. The molecule has 5 heteroatoms. The van der Waals surface area contributed by atoms with Crippen molar-refractivity contribution in [1.82, 2.24) is 25.3 Å². The van der Waals surface area contributed by atoms with Crippen molar-refractivity contribution >= 4 is 11.0 Å². The second-order valence-corrected chi connectivity index (χ2v) is 7.40. The third-order valence-corrected chi connectivity index (χ3v) is 5.54. The fourth-order valence-corrected chi connectivity index (χ4v) is 4.18. The van der Waals surface area contributed by atoms with E-state index < -0.39 is 0 Å². The Balaban J connectivity index is 1.46. The van der Waals surface area contributed by atoms with E-state index >= 15 is 0 Å². The van der Waals surface area contributed by atoms with Gasteiger partial charge in [0.15, 0.2) is 0 Å². The van der Waals surface area contributed by atoms with Crippen LogP contribution in [0.3, 0.4) is 0 Å². The average molecular weight is 369 g/mol. The molecule has 28 heavy (non-hydrogen) atoms. The van der Waals surface area contributed by atoms with Gasteiger partial charge < -0.3 is 10.3 Å². The molecule has 0 spiro atoms. The smallest absolute Gasteiger partial charge is 0.109 e. The highest BCUT2D eigenvalue weighted by molar-refractivity contribution is 5.74. The number of rotatable bonds is 5. The monoisotopic (exact) mass is 369 g/mol. The number of pyridine rings is 2. The summed E-state index contributed by atoms with van der Waals surface area (Å²) in [5.41, 5.74) is 5.87. The van der Waals surface area contributed by atoms with Gasteiger partial charge in [0.1, 0.15) is 5.82 Å². The van der Waals surface area contributed by atoms with Crippen molar-refractivity contribution in [2.24, 2.45) is 0 Å². The van der Waals surface area contributed by atoms with Gasteiger partial charge in [0.25, 0.3) is 0 Å². The molecule has 5 rings (SSSR count). The highest BCUT2D eigenvalue weighted by Crippen LogP contribution is 2.31. The fourth-order valence-electron chi connectivity index (χ4n) is 4.18. The number of hydrogen-bond donors (Lipinski definition) is 2. The Hall–Kier alpha value is -3.05. The zero-order valence-electron chi connectivity index (χ0n) is 15.7. The number of aryl methyl sites for hydroxylation is 1. The molecule has 5 nitrogen and oxygen atoms in total. The molecule has 1 aliphatic rings. The maximum atomic E-state index is 4.79. The van der Waals surface area contributed by atoms with Crippen LogP contribution in [0.2, 0.25) is 0 Å². The zero-order valence-corrected chi connectivity index (χ0v) is 15.7. The van der Waals surface area contributed by atoms with Crippen LogP contribution in [0, 0.1) is 0 Å². The largest absolute Gasteiger partial charge is 0.342 e. The number of nitrogens with one attached hydrogen (secondary N) is 2. The Kier molecular flexibility index (Phi) is 4.59. The minimum absolute atomic E-state index is 0.140. The van der Waals surface area contributed by atoms with Crippen molar-refractivity contribution in [3.05, 3.63) is 89.8 Å². The summed E-state index contributed by atoms with van der Waals surface area (Å²) in [6.45, 7) is 0. The van der Waals surface area contributed by atoms with Crippen LogP contribution < -0.4 is 5.32 Å². The highest BCUT2D eigenvalue weighted by Gasteiger charge is 2.25. The van der Waals surface area contributed by atoms with Crippen LogP contribution in [0.25, 0.3) is 11.0 Å². The van der Waals surface area contributed by atoms with E-state index in [2.05, 4.69) is 39.6 Å². The van der Waals surface area contributed by atoms with E-state index in [9.17, 15) is 0 Å². The second kappa shape index (κ2) is 7.52. The van der Waals surface area contributed by atoms with Gasteiger partial charge >= 0.3 is 0 Å². The summed E-state index contributed by atoms with van der Waals surface area (Å²) in [5.74, 6) is 0.993. The number of nitrogens with zero attached hydrogens (tertiary/aromatic N) is 3. The van der Waals surface area contributed by atoms with Crippen LogP contribution in [-0.2, 0) is 12.8 Å². The molecular weight excluding hydrogens is 346 g/mol. The molecule has 0 saturated heterocycles. The lowest BCUT2D eigenvalue weighted by molar-refractivity contribution is 0.387. The van der Waals surface area contributed by atoms with Gasteiger partial charge in [0, 0.05) is 31.1 Å². The quantitative estimate of drug-likeness (QED) is 0.550. The van der Waals surface area contributed by atoms with Gasteiger partial charge in [-0.1, -0.05) is 18.2 Å². The van der Waals surface area contributed by atoms with Crippen molar-refractivity contribution < 1.29 is 0 Å². The number of benzene rings is 1. The van der Waals surface area contributed by atoms with Gasteiger partial charge in [-0.15, -0.1) is 0 Å². The molecular formula is C23H23N5. The van der Waals surface area contributed by atoms with Gasteiger partial charge in [-0.05, 0) is 60.7 Å². The summed E-state index contributed by atoms with van der Waals surface area (Å²) >= 11 is 0. The molecule has 0 saturated carbocycles. The Bertz CT molecular complexity index is 1040. The number of aromatic nitrogens is 4. The summed E-state index contributed by atoms with van der Waals surface area (Å²) in [4.78, 5) is 17.1. The molecule has 2 atom stereocenters. The number of aromatic amines is 1. The number of hydrogen-bond acceptors (Lipinski definition) is 4. The first-order chi connectivity index (χ1) is 13.9. The second-order valence-electron chi connectivity index (χ2n) is 7.40. The molecule has 0 fully saturated rings. The predicted molar refractivity (Wildman–Crippen MR) is 110 cm³/mol. The first kappa shape index (κ1) is 17.1. The number of fused-ring (bicyclic) bond motifs is 2. The Morgan fingerprint density at radius 2 is 1.93 bits per heavy atom. The van der Waals surface area contributed by atoms with Crippen LogP contribution in [0.1, 0.15) is 47.6 Å². The molecule has 2 N–H and O–H groups in total. The molecule has 1 aliphatic carbocycles. The first-order valence-corrected chi connectivity index (χ1v) is 9.90. The van der Waals surface area contributed by atoms with E-state index in [0.717, 1.165) is 36.1 Å². The molecule has 0 radical (unpaired) electrons. The standard InChI is InChI=1S/C23H23N5/c1-2-8-19-18(7-1)27-22(28-19)15-21(16-10-13-24-14-11-16)26-20-9-3-5-17-6-4-12-25-23(17)20/h1-2,4,6-8,10-14,20-21,26H,3,5,9,15H2,(H,27,28). The molecule has 4 aromatic rings. The average Bonchev–Trinajstić information content (AvgIpc) is 3.17. The van der Waals surface area contributed by atoms with Gasteiger partial charge in [-0.3, -0.25) is 9.97 Å². The zero-order chi connectivity index (χ0) is 18.8. The van der Waals surface area contributed by atoms with Gasteiger partial charge in [-0.2, -0.15) is 0 Å². The van der Waals surface area contributed by atoms with Crippen LogP contribution in [0.4, 0.5) is 0 Å². The summed E-state index contributed by atoms with van der Waals surface area (Å²) in [7, 11) is 0. The third kappa shape index (κ3) is 3.41. The van der Waals surface area contributed by atoms with E-state index in [1.165, 1.54) is 23.2 Å². The molecule has 2 unspecified atom stereocenters. The van der Waals surface area contributed by atoms with E-state index in [1.54, 1.807) is 0 Å².